The van der Waals surface area contributed by atoms with Crippen molar-refractivity contribution in [2.75, 3.05) is 5.32 Å². The fourth-order valence-electron chi connectivity index (χ4n) is 4.46. The fourth-order valence-corrected chi connectivity index (χ4v) is 6.64. The SMILES string of the molecule is N#CC1(Cc2ccc3ccccc3c2)C(c2ccc(Cl)cc2)Nc2ccccc2S1(=O)=O. The minimum absolute atomic E-state index is 0.0469. The number of rotatable bonds is 3. The summed E-state index contributed by atoms with van der Waals surface area (Å²) in [4.78, 5) is 0.146. The summed E-state index contributed by atoms with van der Waals surface area (Å²) >= 11 is 6.07. The number of halogens is 1. The van der Waals surface area contributed by atoms with Crippen molar-refractivity contribution in [3.05, 3.63) is 107 Å². The zero-order valence-electron chi connectivity index (χ0n) is 17.0. The van der Waals surface area contributed by atoms with E-state index < -0.39 is 20.6 Å². The number of hydrogen-bond acceptors (Lipinski definition) is 4. The van der Waals surface area contributed by atoms with E-state index in [2.05, 4.69) is 11.4 Å². The average molecular weight is 459 g/mol. The summed E-state index contributed by atoms with van der Waals surface area (Å²) in [7, 11) is -4.01. The van der Waals surface area contributed by atoms with Gasteiger partial charge in [-0.1, -0.05) is 78.3 Å². The Balaban J connectivity index is 1.72. The smallest absolute Gasteiger partial charge is 0.202 e. The van der Waals surface area contributed by atoms with Crippen LogP contribution < -0.4 is 5.32 Å². The molecule has 158 valence electrons. The maximum Gasteiger partial charge on any atom is 0.202 e. The van der Waals surface area contributed by atoms with E-state index >= 15 is 0 Å². The van der Waals surface area contributed by atoms with Gasteiger partial charge in [0.15, 0.2) is 4.75 Å². The predicted octanol–water partition coefficient (Wildman–Crippen LogP) is 5.94. The highest BCUT2D eigenvalue weighted by atomic mass is 35.5. The van der Waals surface area contributed by atoms with Crippen molar-refractivity contribution in [1.82, 2.24) is 0 Å². The van der Waals surface area contributed by atoms with Gasteiger partial charge in [-0.3, -0.25) is 0 Å². The third-order valence-corrected chi connectivity index (χ3v) is 8.71. The number of benzene rings is 4. The first-order chi connectivity index (χ1) is 15.4. The number of nitrogens with one attached hydrogen (secondary N) is 1. The average Bonchev–Trinajstić information content (AvgIpc) is 2.81. The van der Waals surface area contributed by atoms with Gasteiger partial charge in [0.25, 0.3) is 0 Å². The number of fused-ring (bicyclic) bond motifs is 2. The van der Waals surface area contributed by atoms with Gasteiger partial charge in [0.05, 0.1) is 22.7 Å². The molecule has 1 N–H and O–H groups in total. The molecule has 1 aliphatic heterocycles. The predicted molar refractivity (Wildman–Crippen MR) is 127 cm³/mol. The Hall–Kier alpha value is -3.33. The van der Waals surface area contributed by atoms with Crippen LogP contribution in [0.15, 0.2) is 95.9 Å². The Morgan fingerprint density at radius 2 is 1.59 bits per heavy atom. The second kappa shape index (κ2) is 7.67. The quantitative estimate of drug-likeness (QED) is 0.412. The molecule has 1 aliphatic rings. The fraction of sp³-hybridized carbons (Fsp3) is 0.115. The van der Waals surface area contributed by atoms with E-state index in [0.29, 0.717) is 16.3 Å². The van der Waals surface area contributed by atoms with Crippen LogP contribution in [0.3, 0.4) is 0 Å². The number of para-hydroxylation sites is 1. The van der Waals surface area contributed by atoms with Crippen molar-refractivity contribution in [3.63, 3.8) is 0 Å². The minimum Gasteiger partial charge on any atom is -0.374 e. The van der Waals surface area contributed by atoms with Gasteiger partial charge < -0.3 is 5.32 Å². The molecule has 4 aromatic carbocycles. The molecule has 0 saturated heterocycles. The van der Waals surface area contributed by atoms with Crippen molar-refractivity contribution in [2.45, 2.75) is 22.1 Å². The highest BCUT2D eigenvalue weighted by Gasteiger charge is 2.56. The number of anilines is 1. The lowest BCUT2D eigenvalue weighted by Gasteiger charge is -2.40. The van der Waals surface area contributed by atoms with Crippen molar-refractivity contribution >= 4 is 37.9 Å². The first-order valence-corrected chi connectivity index (χ1v) is 12.1. The molecule has 0 aromatic heterocycles. The lowest BCUT2D eigenvalue weighted by molar-refractivity contribution is 0.509. The highest BCUT2D eigenvalue weighted by molar-refractivity contribution is 7.93. The standard InChI is InChI=1S/C26H19ClN2O2S/c27-22-13-11-20(12-14-22)25-26(17-28,32(30,31)24-8-4-3-7-23(24)29-25)16-18-9-10-19-5-1-2-6-21(19)15-18/h1-15,25,29H,16H2. The summed E-state index contributed by atoms with van der Waals surface area (Å²) in [6, 6.07) is 28.9. The van der Waals surface area contributed by atoms with Gasteiger partial charge in [-0.05, 0) is 46.2 Å². The molecule has 0 saturated carbocycles. The van der Waals surface area contributed by atoms with Crippen LogP contribution in [0.25, 0.3) is 10.8 Å². The topological polar surface area (TPSA) is 70.0 Å². The second-order valence-corrected chi connectivity index (χ2v) is 10.6. The molecule has 2 atom stereocenters. The summed E-state index contributed by atoms with van der Waals surface area (Å²) in [6.07, 6.45) is 0.0469. The Labute approximate surface area is 192 Å². The lowest BCUT2D eigenvalue weighted by Crippen LogP contribution is -2.51. The highest BCUT2D eigenvalue weighted by Crippen LogP contribution is 2.48. The van der Waals surface area contributed by atoms with E-state index in [0.717, 1.165) is 16.3 Å². The third kappa shape index (κ3) is 3.15. The van der Waals surface area contributed by atoms with E-state index in [1.54, 1.807) is 48.5 Å². The third-order valence-electron chi connectivity index (χ3n) is 6.10. The van der Waals surface area contributed by atoms with E-state index in [1.807, 2.05) is 42.5 Å². The lowest BCUT2D eigenvalue weighted by atomic mass is 9.86. The van der Waals surface area contributed by atoms with Gasteiger partial charge in [0, 0.05) is 11.4 Å². The molecule has 0 amide bonds. The van der Waals surface area contributed by atoms with Gasteiger partial charge in [0.1, 0.15) is 0 Å². The molecule has 0 aliphatic carbocycles. The summed E-state index contributed by atoms with van der Waals surface area (Å²) in [5, 5.41) is 16.4. The van der Waals surface area contributed by atoms with Gasteiger partial charge in [0.2, 0.25) is 9.84 Å². The molecule has 0 spiro atoms. The molecule has 0 radical (unpaired) electrons. The number of hydrogen-bond donors (Lipinski definition) is 1. The van der Waals surface area contributed by atoms with E-state index in [4.69, 9.17) is 11.6 Å². The van der Waals surface area contributed by atoms with Crippen molar-refractivity contribution in [2.24, 2.45) is 0 Å². The van der Waals surface area contributed by atoms with Gasteiger partial charge in [-0.2, -0.15) is 5.26 Å². The second-order valence-electron chi connectivity index (χ2n) is 7.99. The first kappa shape index (κ1) is 20.6. The largest absolute Gasteiger partial charge is 0.374 e. The van der Waals surface area contributed by atoms with E-state index in [1.165, 1.54) is 0 Å². The number of sulfone groups is 1. The number of nitriles is 1. The van der Waals surface area contributed by atoms with Gasteiger partial charge >= 0.3 is 0 Å². The Morgan fingerprint density at radius 1 is 0.906 bits per heavy atom. The monoisotopic (exact) mass is 458 g/mol. The summed E-state index contributed by atoms with van der Waals surface area (Å²) in [5.41, 5.74) is 1.97. The van der Waals surface area contributed by atoms with Crippen LogP contribution in [0.5, 0.6) is 0 Å². The van der Waals surface area contributed by atoms with Gasteiger partial charge in [-0.25, -0.2) is 8.42 Å². The van der Waals surface area contributed by atoms with E-state index in [-0.39, 0.29) is 11.3 Å². The van der Waals surface area contributed by atoms with Crippen LogP contribution >= 0.6 is 11.6 Å². The zero-order valence-corrected chi connectivity index (χ0v) is 18.6. The maximum absolute atomic E-state index is 14.0. The molecular weight excluding hydrogens is 440 g/mol. The molecule has 5 rings (SSSR count). The van der Waals surface area contributed by atoms with Crippen LogP contribution in [-0.4, -0.2) is 13.2 Å². The Kier molecular flexibility index (Phi) is 4.93. The van der Waals surface area contributed by atoms with Gasteiger partial charge in [-0.15, -0.1) is 0 Å². The molecule has 4 aromatic rings. The molecule has 0 fully saturated rings. The molecule has 6 heteroatoms. The van der Waals surface area contributed by atoms with Crippen molar-refractivity contribution in [3.8, 4) is 6.07 Å². The molecule has 0 bridgehead atoms. The maximum atomic E-state index is 14.0. The molecule has 2 unspecified atom stereocenters. The summed E-state index contributed by atoms with van der Waals surface area (Å²) in [5.74, 6) is 0. The van der Waals surface area contributed by atoms with Crippen LogP contribution in [0.1, 0.15) is 17.2 Å². The van der Waals surface area contributed by atoms with Crippen LogP contribution in [-0.2, 0) is 16.3 Å². The first-order valence-electron chi connectivity index (χ1n) is 10.2. The van der Waals surface area contributed by atoms with Crippen molar-refractivity contribution in [1.29, 1.82) is 5.26 Å². The van der Waals surface area contributed by atoms with Crippen LogP contribution in [0.2, 0.25) is 5.02 Å². The Morgan fingerprint density at radius 3 is 2.34 bits per heavy atom. The van der Waals surface area contributed by atoms with E-state index in [9.17, 15) is 13.7 Å². The molecule has 4 nitrogen and oxygen atoms in total. The number of nitrogens with zero attached hydrogens (tertiary/aromatic N) is 1. The normalized spacial score (nSPS) is 21.3. The molecular formula is C26H19ClN2O2S. The van der Waals surface area contributed by atoms with Crippen molar-refractivity contribution < 1.29 is 8.42 Å². The van der Waals surface area contributed by atoms with Crippen LogP contribution in [0.4, 0.5) is 5.69 Å². The zero-order chi connectivity index (χ0) is 22.3. The Bertz CT molecular complexity index is 1480. The minimum atomic E-state index is -4.01. The van der Waals surface area contributed by atoms with Crippen LogP contribution in [0, 0.1) is 11.3 Å². The molecule has 1 heterocycles. The summed E-state index contributed by atoms with van der Waals surface area (Å²) in [6.45, 7) is 0. The summed E-state index contributed by atoms with van der Waals surface area (Å²) < 4.78 is 26.2. The molecule has 32 heavy (non-hydrogen) atoms.